The molecule has 3 heteroatoms. The number of rotatable bonds is 5. The van der Waals surface area contributed by atoms with Crippen LogP contribution in [0, 0.1) is 5.92 Å². The predicted octanol–water partition coefficient (Wildman–Crippen LogP) is 2.40. The van der Waals surface area contributed by atoms with E-state index in [-0.39, 0.29) is 23.8 Å². The first-order valence-electron chi connectivity index (χ1n) is 5.42. The van der Waals surface area contributed by atoms with Gasteiger partial charge < -0.3 is 10.2 Å². The van der Waals surface area contributed by atoms with Crippen LogP contribution in [0.2, 0.25) is 0 Å². The fourth-order valence-electron chi connectivity index (χ4n) is 1.50. The molecule has 0 unspecified atom stereocenters. The van der Waals surface area contributed by atoms with Crippen LogP contribution in [0.25, 0.3) is 6.08 Å². The average Bonchev–Trinajstić information content (AvgIpc) is 2.34. The molecular weight excluding hydrogens is 216 g/mol. The molecule has 0 aliphatic rings. The summed E-state index contributed by atoms with van der Waals surface area (Å²) in [6, 6.07) is 4.88. The van der Waals surface area contributed by atoms with Gasteiger partial charge in [0.2, 0.25) is 0 Å². The van der Waals surface area contributed by atoms with Gasteiger partial charge in [-0.25, -0.2) is 0 Å². The normalized spacial score (nSPS) is 13.3. The van der Waals surface area contributed by atoms with Gasteiger partial charge in [-0.05, 0) is 18.6 Å². The summed E-state index contributed by atoms with van der Waals surface area (Å²) in [7, 11) is 0. The summed E-state index contributed by atoms with van der Waals surface area (Å²) < 4.78 is 0. The van der Waals surface area contributed by atoms with Crippen LogP contribution in [0.4, 0.5) is 0 Å². The van der Waals surface area contributed by atoms with Crippen LogP contribution in [-0.4, -0.2) is 23.1 Å². The second-order valence-corrected chi connectivity index (χ2v) is 3.63. The quantitative estimate of drug-likeness (QED) is 0.605. The van der Waals surface area contributed by atoms with E-state index < -0.39 is 0 Å². The third kappa shape index (κ3) is 3.57. The van der Waals surface area contributed by atoms with E-state index in [1.165, 1.54) is 6.07 Å². The number of aldehydes is 1. The molecule has 0 aromatic heterocycles. The summed E-state index contributed by atoms with van der Waals surface area (Å²) in [6.45, 7) is 1.89. The molecule has 1 aromatic carbocycles. The van der Waals surface area contributed by atoms with Gasteiger partial charge in [0.15, 0.2) is 6.29 Å². The minimum absolute atomic E-state index is 0.01000. The first kappa shape index (κ1) is 13.2. The molecule has 0 aliphatic heterocycles. The highest BCUT2D eigenvalue weighted by Gasteiger charge is 2.04. The van der Waals surface area contributed by atoms with Crippen molar-refractivity contribution in [1.82, 2.24) is 0 Å². The van der Waals surface area contributed by atoms with Gasteiger partial charge >= 0.3 is 0 Å². The second kappa shape index (κ2) is 6.66. The van der Waals surface area contributed by atoms with Crippen LogP contribution >= 0.6 is 0 Å². The van der Waals surface area contributed by atoms with E-state index in [1.807, 2.05) is 19.1 Å². The van der Waals surface area contributed by atoms with Crippen molar-refractivity contribution in [3.8, 4) is 5.75 Å². The zero-order valence-corrected chi connectivity index (χ0v) is 9.71. The predicted molar refractivity (Wildman–Crippen MR) is 67.9 cm³/mol. The Morgan fingerprint density at radius 2 is 2.12 bits per heavy atom. The molecule has 0 aliphatic carbocycles. The van der Waals surface area contributed by atoms with E-state index in [9.17, 15) is 9.90 Å². The fourth-order valence-corrected chi connectivity index (χ4v) is 1.50. The highest BCUT2D eigenvalue weighted by molar-refractivity contribution is 5.85. The molecule has 3 nitrogen and oxygen atoms in total. The number of phenolic OH excluding ortho intramolecular Hbond substituents is 1. The molecule has 1 aromatic rings. The number of phenols is 1. The molecule has 1 rings (SSSR count). The van der Waals surface area contributed by atoms with Gasteiger partial charge in [0.25, 0.3) is 0 Å². The first-order valence-corrected chi connectivity index (χ1v) is 5.42. The molecule has 0 amide bonds. The lowest BCUT2D eigenvalue weighted by Gasteiger charge is -2.04. The molecule has 0 radical (unpaired) electrons. The van der Waals surface area contributed by atoms with Crippen molar-refractivity contribution in [3.63, 3.8) is 0 Å². The highest BCUT2D eigenvalue weighted by atomic mass is 16.3. The van der Waals surface area contributed by atoms with Gasteiger partial charge in [-0.15, -0.1) is 0 Å². The van der Waals surface area contributed by atoms with Crippen LogP contribution < -0.4 is 0 Å². The summed E-state index contributed by atoms with van der Waals surface area (Å²) in [4.78, 5) is 10.8. The Balaban J connectivity index is 2.98. The molecule has 90 valence electrons. The fraction of sp³-hybridized carbons (Fsp3) is 0.214. The second-order valence-electron chi connectivity index (χ2n) is 3.63. The minimum Gasteiger partial charge on any atom is -0.507 e. The Morgan fingerprint density at radius 3 is 2.71 bits per heavy atom. The molecule has 0 heterocycles. The Bertz CT molecular complexity index is 433. The Labute approximate surface area is 101 Å². The Morgan fingerprint density at radius 1 is 1.35 bits per heavy atom. The SMILES string of the molecule is CC=C[C@H](C=Cc1cccc(O)c1C=O)CO. The minimum atomic E-state index is -0.0816. The van der Waals surface area contributed by atoms with Gasteiger partial charge in [0.05, 0.1) is 12.2 Å². The number of aromatic hydroxyl groups is 1. The van der Waals surface area contributed by atoms with E-state index in [0.717, 1.165) is 0 Å². The molecule has 17 heavy (non-hydrogen) atoms. The summed E-state index contributed by atoms with van der Waals surface area (Å²) in [5.41, 5.74) is 0.906. The number of aliphatic hydroxyl groups is 1. The molecule has 0 saturated carbocycles. The van der Waals surface area contributed by atoms with Gasteiger partial charge in [0.1, 0.15) is 5.75 Å². The highest BCUT2D eigenvalue weighted by Crippen LogP contribution is 2.20. The first-order chi connectivity index (χ1) is 8.22. The number of hydrogen-bond donors (Lipinski definition) is 2. The van der Waals surface area contributed by atoms with Crippen molar-refractivity contribution in [1.29, 1.82) is 0 Å². The van der Waals surface area contributed by atoms with E-state index in [0.29, 0.717) is 11.8 Å². The summed E-state index contributed by atoms with van der Waals surface area (Å²) in [6.07, 6.45) is 7.86. The lowest BCUT2D eigenvalue weighted by atomic mass is 10.0. The van der Waals surface area contributed by atoms with Crippen LogP contribution in [0.1, 0.15) is 22.8 Å². The standard InChI is InChI=1S/C14H16O3/c1-2-4-11(9-15)7-8-12-5-3-6-14(17)13(12)10-16/h2-8,10-11,15,17H,9H2,1H3/t11-/m1/s1. The van der Waals surface area contributed by atoms with E-state index in [4.69, 9.17) is 5.11 Å². The maximum absolute atomic E-state index is 10.8. The van der Waals surface area contributed by atoms with Crippen molar-refractivity contribution < 1.29 is 15.0 Å². The Hall–Kier alpha value is -1.87. The van der Waals surface area contributed by atoms with Crippen molar-refractivity contribution in [2.45, 2.75) is 6.92 Å². The topological polar surface area (TPSA) is 57.5 Å². The maximum atomic E-state index is 10.8. The number of benzene rings is 1. The number of carbonyl (C=O) groups excluding carboxylic acids is 1. The van der Waals surface area contributed by atoms with Crippen LogP contribution in [0.5, 0.6) is 5.75 Å². The van der Waals surface area contributed by atoms with Crippen molar-refractivity contribution in [3.05, 3.63) is 47.6 Å². The molecule has 2 N–H and O–H groups in total. The molecule has 1 atom stereocenters. The van der Waals surface area contributed by atoms with Crippen molar-refractivity contribution in [2.24, 2.45) is 5.92 Å². The molecule has 0 fully saturated rings. The van der Waals surface area contributed by atoms with Gasteiger partial charge in [-0.1, -0.05) is 36.4 Å². The van der Waals surface area contributed by atoms with Crippen molar-refractivity contribution in [2.75, 3.05) is 6.61 Å². The lowest BCUT2D eigenvalue weighted by Crippen LogP contribution is -1.97. The number of allylic oxidation sites excluding steroid dienone is 1. The average molecular weight is 232 g/mol. The van der Waals surface area contributed by atoms with Crippen LogP contribution in [0.3, 0.4) is 0 Å². The summed E-state index contributed by atoms with van der Waals surface area (Å²) >= 11 is 0. The lowest BCUT2D eigenvalue weighted by molar-refractivity contribution is 0.112. The zero-order chi connectivity index (χ0) is 12.7. The number of hydrogen-bond acceptors (Lipinski definition) is 3. The molecule has 0 spiro atoms. The van der Waals surface area contributed by atoms with Crippen LogP contribution in [0.15, 0.2) is 36.4 Å². The zero-order valence-electron chi connectivity index (χ0n) is 9.71. The Kier molecular flexibility index (Phi) is 5.17. The summed E-state index contributed by atoms with van der Waals surface area (Å²) in [5, 5.41) is 18.6. The third-order valence-electron chi connectivity index (χ3n) is 2.41. The summed E-state index contributed by atoms with van der Waals surface area (Å²) in [5.74, 6) is -0.115. The van der Waals surface area contributed by atoms with E-state index in [2.05, 4.69) is 0 Å². The largest absolute Gasteiger partial charge is 0.507 e. The number of carbonyl (C=O) groups is 1. The smallest absolute Gasteiger partial charge is 0.154 e. The van der Waals surface area contributed by atoms with Crippen LogP contribution in [-0.2, 0) is 0 Å². The van der Waals surface area contributed by atoms with Gasteiger partial charge in [-0.3, -0.25) is 4.79 Å². The molecule has 0 saturated heterocycles. The monoisotopic (exact) mass is 232 g/mol. The molecule has 0 bridgehead atoms. The van der Waals surface area contributed by atoms with E-state index >= 15 is 0 Å². The van der Waals surface area contributed by atoms with E-state index in [1.54, 1.807) is 24.3 Å². The third-order valence-corrected chi connectivity index (χ3v) is 2.41. The molecular formula is C14H16O3. The van der Waals surface area contributed by atoms with Gasteiger partial charge in [-0.2, -0.15) is 0 Å². The number of aliphatic hydroxyl groups excluding tert-OH is 1. The maximum Gasteiger partial charge on any atom is 0.154 e. The van der Waals surface area contributed by atoms with Gasteiger partial charge in [0, 0.05) is 5.92 Å². The van der Waals surface area contributed by atoms with Crippen molar-refractivity contribution >= 4 is 12.4 Å².